The number of anilines is 1. The van der Waals surface area contributed by atoms with E-state index in [1.165, 1.54) is 0 Å². The number of non-ortho nitro benzene ring substituents is 1. The number of nitrogens with zero attached hydrogens (tertiary/aromatic N) is 3. The van der Waals surface area contributed by atoms with E-state index in [0.717, 1.165) is 24.2 Å². The summed E-state index contributed by atoms with van der Waals surface area (Å²) in [6.45, 7) is 4.92. The van der Waals surface area contributed by atoms with Crippen LogP contribution < -0.4 is 4.90 Å². The first kappa shape index (κ1) is 11.6. The minimum absolute atomic E-state index is 0.0157. The zero-order valence-electron chi connectivity index (χ0n) is 9.96. The van der Waals surface area contributed by atoms with Gasteiger partial charge in [0, 0.05) is 29.9 Å². The summed E-state index contributed by atoms with van der Waals surface area (Å²) in [5, 5.41) is 10.8. The third-order valence-electron chi connectivity index (χ3n) is 2.88. The molecule has 0 aromatic heterocycles. The molecule has 1 atom stereocenters. The SMILES string of the molecule is CCCN1C=NC(C)c2cc([N+](=O)[O-])ccc21. The maximum Gasteiger partial charge on any atom is 0.269 e. The maximum atomic E-state index is 10.8. The molecule has 1 unspecified atom stereocenters. The smallest absolute Gasteiger partial charge is 0.269 e. The van der Waals surface area contributed by atoms with Crippen LogP contribution in [0.3, 0.4) is 0 Å². The first-order valence-electron chi connectivity index (χ1n) is 5.71. The van der Waals surface area contributed by atoms with Crippen molar-refractivity contribution in [2.24, 2.45) is 4.99 Å². The Labute approximate surface area is 99.9 Å². The predicted molar refractivity (Wildman–Crippen MR) is 67.6 cm³/mol. The first-order valence-corrected chi connectivity index (χ1v) is 5.71. The Bertz CT molecular complexity index is 471. The van der Waals surface area contributed by atoms with E-state index < -0.39 is 0 Å². The molecule has 5 heteroatoms. The summed E-state index contributed by atoms with van der Waals surface area (Å²) in [5.41, 5.74) is 2.08. The van der Waals surface area contributed by atoms with E-state index in [4.69, 9.17) is 0 Å². The van der Waals surface area contributed by atoms with Gasteiger partial charge >= 0.3 is 0 Å². The lowest BCUT2D eigenvalue weighted by molar-refractivity contribution is -0.384. The lowest BCUT2D eigenvalue weighted by Crippen LogP contribution is -2.26. The minimum atomic E-state index is -0.366. The number of aliphatic imine (C=N–C) groups is 1. The highest BCUT2D eigenvalue weighted by Crippen LogP contribution is 2.34. The fourth-order valence-corrected chi connectivity index (χ4v) is 1.99. The molecule has 0 bridgehead atoms. The Morgan fingerprint density at radius 2 is 2.29 bits per heavy atom. The van der Waals surface area contributed by atoms with Gasteiger partial charge in [0.2, 0.25) is 0 Å². The third kappa shape index (κ3) is 2.13. The molecule has 0 saturated heterocycles. The predicted octanol–water partition coefficient (Wildman–Crippen LogP) is 2.91. The van der Waals surface area contributed by atoms with E-state index in [1.807, 2.05) is 24.2 Å². The molecule has 1 aliphatic rings. The zero-order valence-corrected chi connectivity index (χ0v) is 9.96. The number of rotatable bonds is 3. The summed E-state index contributed by atoms with van der Waals surface area (Å²) < 4.78 is 0. The van der Waals surface area contributed by atoms with Crippen molar-refractivity contribution in [1.29, 1.82) is 0 Å². The number of fused-ring (bicyclic) bond motifs is 1. The maximum absolute atomic E-state index is 10.8. The van der Waals surface area contributed by atoms with Gasteiger partial charge in [-0.1, -0.05) is 6.92 Å². The third-order valence-corrected chi connectivity index (χ3v) is 2.88. The van der Waals surface area contributed by atoms with Crippen LogP contribution in [-0.2, 0) is 0 Å². The molecular weight excluding hydrogens is 218 g/mol. The molecule has 0 radical (unpaired) electrons. The van der Waals surface area contributed by atoms with Gasteiger partial charge in [-0.2, -0.15) is 0 Å². The van der Waals surface area contributed by atoms with Crippen LogP contribution in [0.4, 0.5) is 11.4 Å². The Kier molecular flexibility index (Phi) is 3.08. The van der Waals surface area contributed by atoms with Crippen molar-refractivity contribution >= 4 is 17.7 Å². The van der Waals surface area contributed by atoms with Crippen LogP contribution in [0.2, 0.25) is 0 Å². The van der Waals surface area contributed by atoms with Crippen LogP contribution in [0.5, 0.6) is 0 Å². The summed E-state index contributed by atoms with van der Waals surface area (Å²) in [6, 6.07) is 4.97. The number of hydrogen-bond acceptors (Lipinski definition) is 4. The van der Waals surface area contributed by atoms with E-state index >= 15 is 0 Å². The van der Waals surface area contributed by atoms with Gasteiger partial charge in [-0.05, 0) is 19.4 Å². The molecule has 2 rings (SSSR count). The van der Waals surface area contributed by atoms with Crippen molar-refractivity contribution in [2.75, 3.05) is 11.4 Å². The minimum Gasteiger partial charge on any atom is -0.332 e. The lowest BCUT2D eigenvalue weighted by Gasteiger charge is -2.27. The van der Waals surface area contributed by atoms with Crippen LogP contribution in [0.25, 0.3) is 0 Å². The normalized spacial score (nSPS) is 18.0. The second kappa shape index (κ2) is 4.53. The van der Waals surface area contributed by atoms with E-state index in [0.29, 0.717) is 0 Å². The van der Waals surface area contributed by atoms with Gasteiger partial charge in [0.05, 0.1) is 17.3 Å². The van der Waals surface area contributed by atoms with Crippen molar-refractivity contribution in [1.82, 2.24) is 0 Å². The molecule has 0 saturated carbocycles. The molecule has 0 N–H and O–H groups in total. The molecule has 1 aromatic rings. The van der Waals surface area contributed by atoms with Crippen molar-refractivity contribution in [3.8, 4) is 0 Å². The second-order valence-corrected chi connectivity index (χ2v) is 4.13. The van der Waals surface area contributed by atoms with Gasteiger partial charge in [-0.3, -0.25) is 15.1 Å². The molecule has 0 aliphatic carbocycles. The Hall–Kier alpha value is -1.91. The molecule has 1 aromatic carbocycles. The molecule has 0 fully saturated rings. The summed E-state index contributed by atoms with van der Waals surface area (Å²) in [4.78, 5) is 16.8. The molecule has 1 heterocycles. The molecule has 17 heavy (non-hydrogen) atoms. The number of nitro groups is 1. The summed E-state index contributed by atoms with van der Waals surface area (Å²) >= 11 is 0. The van der Waals surface area contributed by atoms with E-state index in [-0.39, 0.29) is 16.7 Å². The van der Waals surface area contributed by atoms with Crippen molar-refractivity contribution in [3.63, 3.8) is 0 Å². The van der Waals surface area contributed by atoms with Crippen LogP contribution in [0.15, 0.2) is 23.2 Å². The van der Waals surface area contributed by atoms with E-state index in [2.05, 4.69) is 11.9 Å². The monoisotopic (exact) mass is 233 g/mol. The van der Waals surface area contributed by atoms with Crippen LogP contribution in [-0.4, -0.2) is 17.8 Å². The van der Waals surface area contributed by atoms with Gasteiger partial charge in [0.1, 0.15) is 0 Å². The summed E-state index contributed by atoms with van der Waals surface area (Å²) in [5.74, 6) is 0. The molecule has 5 nitrogen and oxygen atoms in total. The van der Waals surface area contributed by atoms with Crippen molar-refractivity contribution in [2.45, 2.75) is 26.3 Å². The van der Waals surface area contributed by atoms with Gasteiger partial charge in [0.25, 0.3) is 5.69 Å². The van der Waals surface area contributed by atoms with Gasteiger partial charge in [-0.15, -0.1) is 0 Å². The average Bonchev–Trinajstić information content (AvgIpc) is 2.32. The zero-order chi connectivity index (χ0) is 12.4. The average molecular weight is 233 g/mol. The summed E-state index contributed by atoms with van der Waals surface area (Å²) in [6.07, 6.45) is 2.83. The Balaban J connectivity index is 2.43. The molecule has 1 aliphatic heterocycles. The summed E-state index contributed by atoms with van der Waals surface area (Å²) in [7, 11) is 0. The largest absolute Gasteiger partial charge is 0.332 e. The Morgan fingerprint density at radius 3 is 2.94 bits per heavy atom. The fourth-order valence-electron chi connectivity index (χ4n) is 1.99. The van der Waals surface area contributed by atoms with Crippen LogP contribution >= 0.6 is 0 Å². The van der Waals surface area contributed by atoms with Gasteiger partial charge < -0.3 is 4.90 Å². The number of hydrogen-bond donors (Lipinski definition) is 0. The molecule has 90 valence electrons. The van der Waals surface area contributed by atoms with Crippen LogP contribution in [0, 0.1) is 10.1 Å². The Morgan fingerprint density at radius 1 is 1.53 bits per heavy atom. The quantitative estimate of drug-likeness (QED) is 0.595. The number of nitro benzene ring substituents is 1. The van der Waals surface area contributed by atoms with Gasteiger partial charge in [0.15, 0.2) is 0 Å². The molecule has 0 amide bonds. The number of benzene rings is 1. The van der Waals surface area contributed by atoms with E-state index in [9.17, 15) is 10.1 Å². The lowest BCUT2D eigenvalue weighted by atomic mass is 10.0. The van der Waals surface area contributed by atoms with Gasteiger partial charge in [-0.25, -0.2) is 0 Å². The van der Waals surface area contributed by atoms with Crippen LogP contribution in [0.1, 0.15) is 31.9 Å². The highest BCUT2D eigenvalue weighted by atomic mass is 16.6. The molecule has 0 spiro atoms. The topological polar surface area (TPSA) is 58.7 Å². The van der Waals surface area contributed by atoms with E-state index in [1.54, 1.807) is 12.1 Å². The van der Waals surface area contributed by atoms with Crippen molar-refractivity contribution in [3.05, 3.63) is 33.9 Å². The highest BCUT2D eigenvalue weighted by Gasteiger charge is 2.21. The van der Waals surface area contributed by atoms with Crippen molar-refractivity contribution < 1.29 is 4.92 Å². The standard InChI is InChI=1S/C12H15N3O2/c1-3-6-14-8-13-9(2)11-7-10(15(16)17)4-5-12(11)14/h4-5,7-9H,3,6H2,1-2H3. The molecular formula is C12H15N3O2. The fraction of sp³-hybridized carbons (Fsp3) is 0.417. The highest BCUT2D eigenvalue weighted by molar-refractivity contribution is 5.84. The first-order chi connectivity index (χ1) is 8.13. The second-order valence-electron chi connectivity index (χ2n) is 4.13.